The number of benzene rings is 1. The maximum absolute atomic E-state index is 4.50. The van der Waals surface area contributed by atoms with E-state index in [0.29, 0.717) is 5.92 Å². The summed E-state index contributed by atoms with van der Waals surface area (Å²) in [6.45, 7) is 4.22. The fraction of sp³-hybridized carbons (Fsp3) is 0.214. The van der Waals surface area contributed by atoms with Crippen LogP contribution in [0.2, 0.25) is 0 Å². The van der Waals surface area contributed by atoms with E-state index in [2.05, 4.69) is 34.0 Å². The van der Waals surface area contributed by atoms with Crippen LogP contribution in [0.15, 0.2) is 36.8 Å². The van der Waals surface area contributed by atoms with Crippen molar-refractivity contribution in [1.29, 1.82) is 0 Å². The fourth-order valence-electron chi connectivity index (χ4n) is 1.97. The van der Waals surface area contributed by atoms with Crippen LogP contribution in [-0.4, -0.2) is 20.2 Å². The Morgan fingerprint density at radius 3 is 2.67 bits per heavy atom. The molecule has 0 saturated carbocycles. The summed E-state index contributed by atoms with van der Waals surface area (Å²) >= 11 is 0. The van der Waals surface area contributed by atoms with Gasteiger partial charge in [0.1, 0.15) is 0 Å². The molecular weight excluding hydrogens is 224 g/mol. The van der Waals surface area contributed by atoms with Gasteiger partial charge in [-0.05, 0) is 12.0 Å². The Bertz CT molecular complexity index is 668. The summed E-state index contributed by atoms with van der Waals surface area (Å²) < 4.78 is 0. The first-order chi connectivity index (χ1) is 8.75. The standard InChI is InChI=1S/C14H14N4/c1-9(2)13-7-16-14(8-15-13)10-4-3-5-12-11(10)6-17-18-12/h3-9H,1-2H3,(H,17,18). The predicted molar refractivity (Wildman–Crippen MR) is 71.2 cm³/mol. The zero-order chi connectivity index (χ0) is 12.5. The molecule has 3 rings (SSSR count). The van der Waals surface area contributed by atoms with Gasteiger partial charge in [-0.3, -0.25) is 15.1 Å². The summed E-state index contributed by atoms with van der Waals surface area (Å²) in [5.74, 6) is 0.399. The van der Waals surface area contributed by atoms with E-state index in [1.54, 1.807) is 0 Å². The Morgan fingerprint density at radius 1 is 1.06 bits per heavy atom. The minimum atomic E-state index is 0.399. The summed E-state index contributed by atoms with van der Waals surface area (Å²) in [6.07, 6.45) is 5.50. The van der Waals surface area contributed by atoms with Crippen molar-refractivity contribution < 1.29 is 0 Å². The smallest absolute Gasteiger partial charge is 0.0892 e. The number of fused-ring (bicyclic) bond motifs is 1. The molecule has 0 aliphatic carbocycles. The minimum Gasteiger partial charge on any atom is -0.278 e. The summed E-state index contributed by atoms with van der Waals surface area (Å²) in [5.41, 5.74) is 3.97. The fourth-order valence-corrected chi connectivity index (χ4v) is 1.97. The van der Waals surface area contributed by atoms with Crippen LogP contribution in [0.4, 0.5) is 0 Å². The lowest BCUT2D eigenvalue weighted by Gasteiger charge is -2.05. The normalized spacial score (nSPS) is 11.3. The molecule has 2 aromatic heterocycles. The highest BCUT2D eigenvalue weighted by atomic mass is 15.1. The molecule has 0 fully saturated rings. The summed E-state index contributed by atoms with van der Waals surface area (Å²) in [7, 11) is 0. The van der Waals surface area contributed by atoms with Crippen molar-refractivity contribution in [2.75, 3.05) is 0 Å². The molecule has 2 heterocycles. The molecule has 0 bridgehead atoms. The molecule has 4 heteroatoms. The van der Waals surface area contributed by atoms with Crippen molar-refractivity contribution in [3.05, 3.63) is 42.5 Å². The van der Waals surface area contributed by atoms with E-state index < -0.39 is 0 Å². The predicted octanol–water partition coefficient (Wildman–Crippen LogP) is 3.14. The van der Waals surface area contributed by atoms with Crippen molar-refractivity contribution in [2.45, 2.75) is 19.8 Å². The van der Waals surface area contributed by atoms with Gasteiger partial charge in [0.15, 0.2) is 0 Å². The number of hydrogen-bond donors (Lipinski definition) is 1. The van der Waals surface area contributed by atoms with Gasteiger partial charge in [-0.1, -0.05) is 26.0 Å². The number of aromatic amines is 1. The lowest BCUT2D eigenvalue weighted by molar-refractivity contribution is 0.813. The molecule has 0 aliphatic heterocycles. The summed E-state index contributed by atoms with van der Waals surface area (Å²) in [5, 5.41) is 8.09. The van der Waals surface area contributed by atoms with Crippen LogP contribution in [0.5, 0.6) is 0 Å². The van der Waals surface area contributed by atoms with E-state index in [0.717, 1.165) is 27.9 Å². The van der Waals surface area contributed by atoms with Crippen molar-refractivity contribution in [3.8, 4) is 11.3 Å². The van der Waals surface area contributed by atoms with Gasteiger partial charge in [0.25, 0.3) is 0 Å². The van der Waals surface area contributed by atoms with Crippen LogP contribution in [-0.2, 0) is 0 Å². The Morgan fingerprint density at radius 2 is 1.94 bits per heavy atom. The van der Waals surface area contributed by atoms with Crippen LogP contribution in [0.25, 0.3) is 22.2 Å². The number of H-pyrrole nitrogens is 1. The third kappa shape index (κ3) is 1.76. The van der Waals surface area contributed by atoms with Gasteiger partial charge in [-0.25, -0.2) is 0 Å². The van der Waals surface area contributed by atoms with Crippen LogP contribution in [0, 0.1) is 0 Å². The van der Waals surface area contributed by atoms with Crippen LogP contribution >= 0.6 is 0 Å². The molecule has 0 spiro atoms. The van der Waals surface area contributed by atoms with Gasteiger partial charge < -0.3 is 0 Å². The van der Waals surface area contributed by atoms with Gasteiger partial charge in [-0.2, -0.15) is 5.10 Å². The van der Waals surface area contributed by atoms with Gasteiger partial charge in [0.2, 0.25) is 0 Å². The number of nitrogens with zero attached hydrogens (tertiary/aromatic N) is 3. The first-order valence-electron chi connectivity index (χ1n) is 6.00. The monoisotopic (exact) mass is 238 g/mol. The van der Waals surface area contributed by atoms with Crippen LogP contribution in [0.1, 0.15) is 25.5 Å². The molecule has 0 unspecified atom stereocenters. The van der Waals surface area contributed by atoms with E-state index in [-0.39, 0.29) is 0 Å². The molecule has 0 saturated heterocycles. The van der Waals surface area contributed by atoms with E-state index in [1.165, 1.54) is 0 Å². The van der Waals surface area contributed by atoms with Gasteiger partial charge in [-0.15, -0.1) is 0 Å². The maximum atomic E-state index is 4.50. The maximum Gasteiger partial charge on any atom is 0.0892 e. The second kappa shape index (κ2) is 4.22. The average Bonchev–Trinajstić information content (AvgIpc) is 2.87. The topological polar surface area (TPSA) is 54.5 Å². The summed E-state index contributed by atoms with van der Waals surface area (Å²) in [6, 6.07) is 6.03. The van der Waals surface area contributed by atoms with Gasteiger partial charge in [0.05, 0.1) is 29.3 Å². The molecule has 0 aliphatic rings. The second-order valence-electron chi connectivity index (χ2n) is 4.62. The van der Waals surface area contributed by atoms with Crippen molar-refractivity contribution >= 4 is 10.9 Å². The highest BCUT2D eigenvalue weighted by Crippen LogP contribution is 2.25. The van der Waals surface area contributed by atoms with Crippen LogP contribution in [0.3, 0.4) is 0 Å². The Labute approximate surface area is 105 Å². The number of rotatable bonds is 2. The van der Waals surface area contributed by atoms with Crippen LogP contribution < -0.4 is 0 Å². The highest BCUT2D eigenvalue weighted by molar-refractivity contribution is 5.92. The molecule has 1 aromatic carbocycles. The molecule has 18 heavy (non-hydrogen) atoms. The Kier molecular flexibility index (Phi) is 2.55. The van der Waals surface area contributed by atoms with E-state index in [1.807, 2.05) is 36.8 Å². The minimum absolute atomic E-state index is 0.399. The van der Waals surface area contributed by atoms with Crippen molar-refractivity contribution in [2.24, 2.45) is 0 Å². The summed E-state index contributed by atoms with van der Waals surface area (Å²) in [4.78, 5) is 8.95. The van der Waals surface area contributed by atoms with Crippen molar-refractivity contribution in [3.63, 3.8) is 0 Å². The lowest BCUT2D eigenvalue weighted by Crippen LogP contribution is -1.95. The highest BCUT2D eigenvalue weighted by Gasteiger charge is 2.07. The first-order valence-corrected chi connectivity index (χ1v) is 6.00. The third-order valence-electron chi connectivity index (χ3n) is 3.02. The lowest BCUT2D eigenvalue weighted by atomic mass is 10.1. The molecule has 0 atom stereocenters. The zero-order valence-corrected chi connectivity index (χ0v) is 10.4. The SMILES string of the molecule is CC(C)c1cnc(-c2cccc3[nH]ncc23)cn1. The Balaban J connectivity index is 2.11. The largest absolute Gasteiger partial charge is 0.278 e. The zero-order valence-electron chi connectivity index (χ0n) is 10.4. The second-order valence-corrected chi connectivity index (χ2v) is 4.62. The quantitative estimate of drug-likeness (QED) is 0.746. The molecule has 4 nitrogen and oxygen atoms in total. The molecule has 3 aromatic rings. The molecule has 90 valence electrons. The number of aromatic nitrogens is 4. The van der Waals surface area contributed by atoms with Gasteiger partial charge >= 0.3 is 0 Å². The Hall–Kier alpha value is -2.23. The molecular formula is C14H14N4. The van der Waals surface area contributed by atoms with E-state index in [4.69, 9.17) is 0 Å². The third-order valence-corrected chi connectivity index (χ3v) is 3.02. The first kappa shape index (κ1) is 10.9. The van der Waals surface area contributed by atoms with E-state index in [9.17, 15) is 0 Å². The molecule has 0 radical (unpaired) electrons. The van der Waals surface area contributed by atoms with Gasteiger partial charge in [0, 0.05) is 17.1 Å². The van der Waals surface area contributed by atoms with Crippen molar-refractivity contribution in [1.82, 2.24) is 20.2 Å². The number of nitrogens with one attached hydrogen (secondary N) is 1. The number of hydrogen-bond acceptors (Lipinski definition) is 3. The molecule has 0 amide bonds. The average molecular weight is 238 g/mol. The van der Waals surface area contributed by atoms with E-state index >= 15 is 0 Å². The molecule has 1 N–H and O–H groups in total.